The highest BCUT2D eigenvalue weighted by molar-refractivity contribution is 7.47. The Labute approximate surface area is 549 Å². The Morgan fingerprint density at radius 1 is 0.300 bits per heavy atom. The van der Waals surface area contributed by atoms with Crippen molar-refractivity contribution in [1.29, 1.82) is 0 Å². The Hall–Kier alpha value is -1.94. The highest BCUT2D eigenvalue weighted by Gasteiger charge is 2.30. The molecule has 17 nitrogen and oxygen atoms in total. The van der Waals surface area contributed by atoms with Crippen LogP contribution >= 0.6 is 15.6 Å². The molecule has 0 radical (unpaired) electrons. The van der Waals surface area contributed by atoms with Crippen molar-refractivity contribution in [2.45, 2.75) is 387 Å². The summed E-state index contributed by atoms with van der Waals surface area (Å²) in [5.74, 6) is -1.39. The molecule has 0 saturated heterocycles. The van der Waals surface area contributed by atoms with Crippen molar-refractivity contribution in [3.8, 4) is 0 Å². The van der Waals surface area contributed by atoms with Gasteiger partial charge in [0.05, 0.1) is 26.4 Å². The monoisotopic (exact) mass is 1320 g/mol. The highest BCUT2D eigenvalue weighted by atomic mass is 31.2. The predicted molar refractivity (Wildman–Crippen MR) is 363 cm³/mol. The lowest BCUT2D eigenvalue weighted by Crippen LogP contribution is -2.30. The number of ether oxygens (including phenoxy) is 4. The molecule has 0 bridgehead atoms. The second-order valence-corrected chi connectivity index (χ2v) is 29.0. The summed E-state index contributed by atoms with van der Waals surface area (Å²) in [5, 5.41) is 10.6. The van der Waals surface area contributed by atoms with Crippen LogP contribution in [0.5, 0.6) is 0 Å². The smallest absolute Gasteiger partial charge is 0.462 e. The molecule has 0 aliphatic heterocycles. The van der Waals surface area contributed by atoms with Gasteiger partial charge in [-0.3, -0.25) is 37.3 Å². The lowest BCUT2D eigenvalue weighted by Gasteiger charge is -2.21. The number of phosphoric acid groups is 2. The van der Waals surface area contributed by atoms with Crippen LogP contribution in [0.2, 0.25) is 0 Å². The summed E-state index contributed by atoms with van der Waals surface area (Å²) in [6.07, 6.45) is 51.3. The maximum Gasteiger partial charge on any atom is 0.472 e. The van der Waals surface area contributed by atoms with E-state index in [9.17, 15) is 43.2 Å². The molecule has 0 saturated carbocycles. The number of hydrogen-bond acceptors (Lipinski definition) is 15. The number of phosphoric ester groups is 2. The Balaban J connectivity index is 5.22. The first-order valence-electron chi connectivity index (χ1n) is 37.1. The van der Waals surface area contributed by atoms with Crippen LogP contribution in [0.15, 0.2) is 0 Å². The summed E-state index contributed by atoms with van der Waals surface area (Å²) < 4.78 is 68.3. The van der Waals surface area contributed by atoms with E-state index in [-0.39, 0.29) is 25.7 Å². The largest absolute Gasteiger partial charge is 0.472 e. The van der Waals surface area contributed by atoms with E-state index in [1.54, 1.807) is 0 Å². The Morgan fingerprint density at radius 2 is 0.511 bits per heavy atom. The van der Waals surface area contributed by atoms with Crippen LogP contribution in [0.4, 0.5) is 0 Å². The van der Waals surface area contributed by atoms with E-state index in [1.807, 2.05) is 0 Å². The third kappa shape index (κ3) is 64.8. The molecule has 0 aliphatic carbocycles. The van der Waals surface area contributed by atoms with Gasteiger partial charge in [0.2, 0.25) is 0 Å². The number of aliphatic hydroxyl groups excluding tert-OH is 1. The van der Waals surface area contributed by atoms with Gasteiger partial charge in [-0.2, -0.15) is 0 Å². The molecule has 0 aliphatic rings. The van der Waals surface area contributed by atoms with Crippen LogP contribution in [0.1, 0.15) is 369 Å². The van der Waals surface area contributed by atoms with E-state index in [0.29, 0.717) is 25.7 Å². The molecule has 0 aromatic carbocycles. The first kappa shape index (κ1) is 88.1. The molecule has 5 atom stereocenters. The Morgan fingerprint density at radius 3 is 0.756 bits per heavy atom. The molecule has 90 heavy (non-hydrogen) atoms. The molecule has 19 heteroatoms. The van der Waals surface area contributed by atoms with E-state index >= 15 is 0 Å². The van der Waals surface area contributed by atoms with Gasteiger partial charge in [-0.05, 0) is 31.6 Å². The van der Waals surface area contributed by atoms with Gasteiger partial charge < -0.3 is 33.8 Å². The summed E-state index contributed by atoms with van der Waals surface area (Å²) in [6.45, 7) is 7.21. The van der Waals surface area contributed by atoms with Crippen LogP contribution in [-0.4, -0.2) is 96.7 Å². The van der Waals surface area contributed by atoms with Crippen molar-refractivity contribution in [2.24, 2.45) is 5.92 Å². The zero-order chi connectivity index (χ0) is 66.3. The molecule has 0 spiro atoms. The maximum absolute atomic E-state index is 13.0. The van der Waals surface area contributed by atoms with E-state index in [1.165, 1.54) is 186 Å². The Kier molecular flexibility index (Phi) is 63.0. The third-order valence-corrected chi connectivity index (χ3v) is 18.4. The molecule has 0 aromatic rings. The van der Waals surface area contributed by atoms with Gasteiger partial charge in [0.25, 0.3) is 0 Å². The van der Waals surface area contributed by atoms with E-state index in [2.05, 4.69) is 34.6 Å². The van der Waals surface area contributed by atoms with E-state index in [4.69, 9.17) is 37.0 Å². The van der Waals surface area contributed by atoms with Crippen LogP contribution in [0.25, 0.3) is 0 Å². The number of carbonyl (C=O) groups excluding carboxylic acids is 4. The van der Waals surface area contributed by atoms with Gasteiger partial charge >= 0.3 is 39.5 Å². The lowest BCUT2D eigenvalue weighted by atomic mass is 10.0. The molecular formula is C71H138O17P2. The molecule has 0 fully saturated rings. The number of rotatable bonds is 71. The number of carbonyl (C=O) groups is 4. The zero-order valence-corrected chi connectivity index (χ0v) is 60.1. The van der Waals surface area contributed by atoms with Gasteiger partial charge in [-0.15, -0.1) is 0 Å². The van der Waals surface area contributed by atoms with Crippen molar-refractivity contribution in [3.05, 3.63) is 0 Å². The van der Waals surface area contributed by atoms with Crippen LogP contribution in [0.3, 0.4) is 0 Å². The minimum absolute atomic E-state index is 0.105. The fourth-order valence-corrected chi connectivity index (χ4v) is 12.4. The quantitative estimate of drug-likeness (QED) is 0.0222. The van der Waals surface area contributed by atoms with Gasteiger partial charge in [-0.25, -0.2) is 9.13 Å². The summed E-state index contributed by atoms with van der Waals surface area (Å²) in [6, 6.07) is 0. The molecule has 0 aromatic heterocycles. The van der Waals surface area contributed by atoms with Crippen molar-refractivity contribution < 1.29 is 80.2 Å². The van der Waals surface area contributed by atoms with Gasteiger partial charge in [0.1, 0.15) is 19.3 Å². The molecule has 534 valence electrons. The topological polar surface area (TPSA) is 237 Å². The highest BCUT2D eigenvalue weighted by Crippen LogP contribution is 2.45. The third-order valence-electron chi connectivity index (χ3n) is 16.5. The normalized spacial score (nSPS) is 14.1. The SMILES string of the molecule is CCCCCCCCCCCCCCCCCC(=O)OC[C@H](COP(=O)(O)OC[C@@H](O)COP(=O)(O)OC[C@@H](COC(=O)CCCCCCCCCC)OC(=O)CCCCCCCCCCCC(C)C)OC(=O)CCCCCCCCCCCCCCCCC. The zero-order valence-electron chi connectivity index (χ0n) is 58.3. The molecule has 3 N–H and O–H groups in total. The van der Waals surface area contributed by atoms with Gasteiger partial charge in [0, 0.05) is 25.7 Å². The fraction of sp³-hybridized carbons (Fsp3) is 0.944. The summed E-state index contributed by atoms with van der Waals surface area (Å²) in [5.41, 5.74) is 0. The number of esters is 4. The number of hydrogen-bond donors (Lipinski definition) is 3. The van der Waals surface area contributed by atoms with Gasteiger partial charge in [-0.1, -0.05) is 317 Å². The van der Waals surface area contributed by atoms with Crippen molar-refractivity contribution >= 4 is 39.5 Å². The second kappa shape index (κ2) is 64.4. The van der Waals surface area contributed by atoms with E-state index < -0.39 is 97.5 Å². The lowest BCUT2D eigenvalue weighted by molar-refractivity contribution is -0.161. The van der Waals surface area contributed by atoms with Crippen molar-refractivity contribution in [3.63, 3.8) is 0 Å². The minimum atomic E-state index is -4.95. The van der Waals surface area contributed by atoms with E-state index in [0.717, 1.165) is 102 Å². The molecule has 0 amide bonds. The summed E-state index contributed by atoms with van der Waals surface area (Å²) in [7, 11) is -9.90. The average Bonchev–Trinajstić information content (AvgIpc) is 3.04. The average molecular weight is 1330 g/mol. The maximum atomic E-state index is 13.0. The number of unbranched alkanes of at least 4 members (excludes halogenated alkanes) is 43. The molecular weight excluding hydrogens is 1190 g/mol. The standard InChI is InChI=1S/C71H138O17P2/c1-6-9-12-15-18-21-23-25-27-29-31-35-40-45-50-55-69(74)82-61-67(87-70(75)56-51-46-41-36-32-30-28-26-24-22-19-16-13-10-7-2)63-86-90(79,80)84-59-65(72)58-83-89(77,78)85-62-66(60-81-68(73)54-49-44-39-20-17-14-11-8-3)88-71(76)57-52-47-42-37-33-34-38-43-48-53-64(4)5/h64-67,72H,6-63H2,1-5H3,(H,77,78)(H,79,80)/t65-,66+,67+/m0/s1. The number of aliphatic hydroxyl groups is 1. The van der Waals surface area contributed by atoms with Crippen molar-refractivity contribution in [1.82, 2.24) is 0 Å². The summed E-state index contributed by atoms with van der Waals surface area (Å²) >= 11 is 0. The minimum Gasteiger partial charge on any atom is -0.462 e. The molecule has 0 heterocycles. The van der Waals surface area contributed by atoms with Crippen LogP contribution in [-0.2, 0) is 65.4 Å². The van der Waals surface area contributed by atoms with Crippen molar-refractivity contribution in [2.75, 3.05) is 39.6 Å². The second-order valence-electron chi connectivity index (χ2n) is 26.1. The molecule has 0 rings (SSSR count). The Bertz CT molecular complexity index is 1740. The first-order chi connectivity index (χ1) is 43.5. The molecule has 2 unspecified atom stereocenters. The fourth-order valence-electron chi connectivity index (χ4n) is 10.8. The first-order valence-corrected chi connectivity index (χ1v) is 40.1. The summed E-state index contributed by atoms with van der Waals surface area (Å²) in [4.78, 5) is 72.5. The van der Waals surface area contributed by atoms with Gasteiger partial charge in [0.15, 0.2) is 12.2 Å². The van der Waals surface area contributed by atoms with Crippen LogP contribution in [0, 0.1) is 5.92 Å². The van der Waals surface area contributed by atoms with Crippen LogP contribution < -0.4 is 0 Å². The predicted octanol–water partition coefficient (Wildman–Crippen LogP) is 20.5.